The predicted octanol–water partition coefficient (Wildman–Crippen LogP) is 0.0353. The Labute approximate surface area is 199 Å². The first kappa shape index (κ1) is 23.2. The number of benzene rings is 1. The summed E-state index contributed by atoms with van der Waals surface area (Å²) < 4.78 is 3.92. The maximum Gasteiger partial charge on any atom is 0.352 e. The van der Waals surface area contributed by atoms with Crippen LogP contribution in [0.1, 0.15) is 17.5 Å². The molecular weight excluding hydrogens is 488 g/mol. The summed E-state index contributed by atoms with van der Waals surface area (Å²) in [4.78, 5) is 58.8. The second-order valence-corrected chi connectivity index (χ2v) is 8.84. The number of β-lactam (4-membered cyclic amide) rings is 1. The minimum atomic E-state index is -1.53. The molecule has 1 aromatic heterocycles. The lowest BCUT2D eigenvalue weighted by atomic mass is 10.0. The van der Waals surface area contributed by atoms with Gasteiger partial charge in [-0.25, -0.2) is 9.59 Å². The third-order valence-electron chi connectivity index (χ3n) is 4.80. The summed E-state index contributed by atoms with van der Waals surface area (Å²) in [7, 11) is 0. The maximum atomic E-state index is 13.0. The van der Waals surface area contributed by atoms with Crippen molar-refractivity contribution >= 4 is 57.9 Å². The van der Waals surface area contributed by atoms with Crippen molar-refractivity contribution in [3.63, 3.8) is 0 Å². The Morgan fingerprint density at radius 3 is 2.62 bits per heavy atom. The third-order valence-corrected chi connectivity index (χ3v) is 6.52. The summed E-state index contributed by atoms with van der Waals surface area (Å²) in [6, 6.07) is 6.92. The second-order valence-electron chi connectivity index (χ2n) is 6.91. The number of carboxylic acids is 2. The first-order chi connectivity index (χ1) is 16.3. The standard InChI is InChI=1S/C19H16N6O7S2/c20-19-22-13(24-34-19)10(23-32-12(18(30)31)8-4-2-1-3-5-8)14(26)21-11-15(27)25-9(17(28)29)6-7-33-16(11)25/h1-6,11-12,16H,7H2,(H,21,26)(H,28,29)(H,30,31)(H2,20,22,24)/t11?,12?,16-/m1/s1. The Bertz CT molecular complexity index is 1210. The summed E-state index contributed by atoms with van der Waals surface area (Å²) in [5.41, 5.74) is 5.23. The average molecular weight is 505 g/mol. The number of oxime groups is 1. The highest BCUT2D eigenvalue weighted by atomic mass is 32.2. The number of nitrogens with zero attached hydrogens (tertiary/aromatic N) is 4. The van der Waals surface area contributed by atoms with Crippen molar-refractivity contribution in [1.82, 2.24) is 19.6 Å². The first-order valence-electron chi connectivity index (χ1n) is 9.58. The van der Waals surface area contributed by atoms with Crippen molar-refractivity contribution in [2.75, 3.05) is 11.5 Å². The number of carboxylic acid groups (broad SMARTS) is 2. The van der Waals surface area contributed by atoms with Gasteiger partial charge >= 0.3 is 11.9 Å². The number of nitrogen functional groups attached to an aromatic ring is 1. The van der Waals surface area contributed by atoms with Gasteiger partial charge in [-0.2, -0.15) is 9.36 Å². The molecule has 0 aliphatic carbocycles. The molecule has 1 fully saturated rings. The lowest BCUT2D eigenvalue weighted by Crippen LogP contribution is -2.70. The predicted molar refractivity (Wildman–Crippen MR) is 120 cm³/mol. The molecule has 2 aromatic rings. The molecule has 3 atom stereocenters. The van der Waals surface area contributed by atoms with Gasteiger partial charge in [-0.05, 0) is 6.08 Å². The number of rotatable bonds is 8. The highest BCUT2D eigenvalue weighted by molar-refractivity contribution is 8.00. The van der Waals surface area contributed by atoms with E-state index in [9.17, 15) is 29.4 Å². The smallest absolute Gasteiger partial charge is 0.352 e. The van der Waals surface area contributed by atoms with Gasteiger partial charge in [0.25, 0.3) is 11.8 Å². The van der Waals surface area contributed by atoms with E-state index >= 15 is 0 Å². The molecule has 3 heterocycles. The van der Waals surface area contributed by atoms with Crippen molar-refractivity contribution in [2.24, 2.45) is 5.16 Å². The Hall–Kier alpha value is -3.98. The van der Waals surface area contributed by atoms with Crippen LogP contribution >= 0.6 is 23.3 Å². The summed E-state index contributed by atoms with van der Waals surface area (Å²) in [6.07, 6.45) is -0.115. The highest BCUT2D eigenvalue weighted by Crippen LogP contribution is 2.37. The molecule has 2 amide bonds. The fourth-order valence-corrected chi connectivity index (χ4v) is 4.87. The van der Waals surface area contributed by atoms with Gasteiger partial charge in [-0.3, -0.25) is 14.5 Å². The van der Waals surface area contributed by atoms with Gasteiger partial charge in [-0.1, -0.05) is 35.5 Å². The number of fused-ring (bicyclic) bond motifs is 1. The van der Waals surface area contributed by atoms with E-state index in [1.54, 1.807) is 18.2 Å². The van der Waals surface area contributed by atoms with Crippen LogP contribution < -0.4 is 11.1 Å². The van der Waals surface area contributed by atoms with Crippen LogP contribution in [0.4, 0.5) is 5.13 Å². The summed E-state index contributed by atoms with van der Waals surface area (Å²) >= 11 is 2.05. The van der Waals surface area contributed by atoms with Crippen LogP contribution in [0, 0.1) is 0 Å². The second kappa shape index (κ2) is 9.48. The number of hydrogen-bond donors (Lipinski definition) is 4. The zero-order chi connectivity index (χ0) is 24.4. The van der Waals surface area contributed by atoms with Crippen LogP contribution in [0.2, 0.25) is 0 Å². The minimum Gasteiger partial charge on any atom is -0.478 e. The van der Waals surface area contributed by atoms with Gasteiger partial charge in [0.2, 0.25) is 17.6 Å². The SMILES string of the molecule is Nc1nc(C(=NOC(C(=O)O)c2ccccc2)C(=O)NC2C(=O)N3C(C(=O)O)=CCS[C@H]23)ns1. The molecular formula is C19H16N6O7S2. The van der Waals surface area contributed by atoms with Crippen LogP contribution in [-0.2, 0) is 24.0 Å². The number of aliphatic carboxylic acids is 2. The molecule has 2 unspecified atom stereocenters. The molecule has 13 nitrogen and oxygen atoms in total. The van der Waals surface area contributed by atoms with Crippen molar-refractivity contribution in [3.05, 3.63) is 53.5 Å². The van der Waals surface area contributed by atoms with Crippen LogP contribution in [0.15, 0.2) is 47.3 Å². The summed E-state index contributed by atoms with van der Waals surface area (Å²) in [5.74, 6) is -4.01. The van der Waals surface area contributed by atoms with Crippen molar-refractivity contribution in [1.29, 1.82) is 0 Å². The molecule has 0 saturated carbocycles. The number of carbonyl (C=O) groups is 4. The normalized spacial score (nSPS) is 20.5. The maximum absolute atomic E-state index is 13.0. The van der Waals surface area contributed by atoms with Gasteiger partial charge in [0.15, 0.2) is 5.13 Å². The summed E-state index contributed by atoms with van der Waals surface area (Å²) in [6.45, 7) is 0. The highest BCUT2D eigenvalue weighted by Gasteiger charge is 2.53. The zero-order valence-electron chi connectivity index (χ0n) is 17.0. The van der Waals surface area contributed by atoms with E-state index in [-0.39, 0.29) is 22.2 Å². The number of nitrogens with two attached hydrogens (primary N) is 1. The quantitative estimate of drug-likeness (QED) is 0.215. The van der Waals surface area contributed by atoms with Crippen LogP contribution in [0.25, 0.3) is 0 Å². The Balaban J connectivity index is 1.57. The molecule has 0 spiro atoms. The number of hydrogen-bond acceptors (Lipinski definition) is 11. The van der Waals surface area contributed by atoms with E-state index in [4.69, 9.17) is 10.6 Å². The van der Waals surface area contributed by atoms with Gasteiger partial charge in [-0.15, -0.1) is 11.8 Å². The summed E-state index contributed by atoms with van der Waals surface area (Å²) in [5, 5.41) is 24.4. The molecule has 5 N–H and O–H groups in total. The first-order valence-corrected chi connectivity index (χ1v) is 11.4. The van der Waals surface area contributed by atoms with E-state index in [0.29, 0.717) is 5.75 Å². The number of thioether (sulfide) groups is 1. The van der Waals surface area contributed by atoms with Gasteiger partial charge in [0, 0.05) is 22.8 Å². The van der Waals surface area contributed by atoms with Crippen LogP contribution in [0.5, 0.6) is 0 Å². The monoisotopic (exact) mass is 504 g/mol. The molecule has 34 heavy (non-hydrogen) atoms. The van der Waals surface area contributed by atoms with Gasteiger partial charge < -0.3 is 26.1 Å². The molecule has 176 valence electrons. The van der Waals surface area contributed by atoms with Crippen molar-refractivity contribution in [3.8, 4) is 0 Å². The molecule has 2 aliphatic rings. The molecule has 15 heteroatoms. The van der Waals surface area contributed by atoms with Crippen LogP contribution in [0.3, 0.4) is 0 Å². The topological polar surface area (TPSA) is 197 Å². The number of aromatic nitrogens is 2. The zero-order valence-corrected chi connectivity index (χ0v) is 18.7. The molecule has 4 rings (SSSR count). The van der Waals surface area contributed by atoms with Crippen LogP contribution in [-0.4, -0.2) is 71.1 Å². The third kappa shape index (κ3) is 4.42. The van der Waals surface area contributed by atoms with Gasteiger partial charge in [0.05, 0.1) is 0 Å². The lowest BCUT2D eigenvalue weighted by molar-refractivity contribution is -0.151. The van der Waals surface area contributed by atoms with E-state index in [2.05, 4.69) is 19.8 Å². The van der Waals surface area contributed by atoms with E-state index in [1.165, 1.54) is 30.0 Å². The number of carbonyl (C=O) groups excluding carboxylic acids is 2. The van der Waals surface area contributed by atoms with E-state index in [1.807, 2.05) is 0 Å². The minimum absolute atomic E-state index is 0.0262. The van der Waals surface area contributed by atoms with Crippen molar-refractivity contribution < 1.29 is 34.2 Å². The average Bonchev–Trinajstić information content (AvgIpc) is 3.25. The van der Waals surface area contributed by atoms with Crippen molar-refractivity contribution in [2.45, 2.75) is 17.5 Å². The number of nitrogens with one attached hydrogen (secondary N) is 1. The Morgan fingerprint density at radius 1 is 1.26 bits per heavy atom. The molecule has 1 aromatic carbocycles. The number of amides is 2. The van der Waals surface area contributed by atoms with E-state index < -0.39 is 47.0 Å². The Morgan fingerprint density at radius 2 is 2.00 bits per heavy atom. The molecule has 0 bridgehead atoms. The largest absolute Gasteiger partial charge is 0.478 e. The Kier molecular flexibility index (Phi) is 6.47. The van der Waals surface area contributed by atoms with Gasteiger partial charge in [0.1, 0.15) is 17.1 Å². The van der Waals surface area contributed by atoms with E-state index in [0.717, 1.165) is 16.4 Å². The fraction of sp³-hybridized carbons (Fsp3) is 0.211. The lowest BCUT2D eigenvalue weighted by Gasteiger charge is -2.48. The number of anilines is 1. The molecule has 1 saturated heterocycles. The molecule has 2 aliphatic heterocycles. The fourth-order valence-electron chi connectivity index (χ4n) is 3.24. The molecule has 0 radical (unpaired) electrons.